The van der Waals surface area contributed by atoms with Crippen molar-refractivity contribution in [3.63, 3.8) is 0 Å². The molecule has 82 valence electrons. The topological polar surface area (TPSA) is 20.2 Å². The Morgan fingerprint density at radius 1 is 1.27 bits per heavy atom. The Balaban J connectivity index is 2.10. The molecule has 1 aromatic carbocycles. The lowest BCUT2D eigenvalue weighted by Crippen LogP contribution is -2.21. The summed E-state index contributed by atoms with van der Waals surface area (Å²) in [7, 11) is 0. The number of aliphatic hydroxyl groups is 1. The molecule has 0 amide bonds. The van der Waals surface area contributed by atoms with Crippen LogP contribution in [0.5, 0.6) is 0 Å². The molecule has 2 rings (SSSR count). The molecule has 1 aliphatic rings. The molecule has 0 bridgehead atoms. The van der Waals surface area contributed by atoms with E-state index in [-0.39, 0.29) is 0 Å². The Bertz CT molecular complexity index is 332. The largest absolute Gasteiger partial charge is 0.385 e. The molecule has 0 aliphatic heterocycles. The quantitative estimate of drug-likeness (QED) is 0.745. The van der Waals surface area contributed by atoms with Gasteiger partial charge in [-0.15, -0.1) is 0 Å². The van der Waals surface area contributed by atoms with E-state index >= 15 is 0 Å². The van der Waals surface area contributed by atoms with Crippen LogP contribution in [0.25, 0.3) is 0 Å². The minimum absolute atomic E-state index is 0.522. The van der Waals surface area contributed by atoms with Crippen LogP contribution in [-0.4, -0.2) is 5.11 Å². The van der Waals surface area contributed by atoms with Crippen LogP contribution in [0.15, 0.2) is 24.3 Å². The number of hydrogen-bond donors (Lipinski definition) is 1. The molecular formula is C14H20O. The van der Waals surface area contributed by atoms with Crippen molar-refractivity contribution in [1.29, 1.82) is 0 Å². The van der Waals surface area contributed by atoms with Crippen LogP contribution in [0.2, 0.25) is 0 Å². The van der Waals surface area contributed by atoms with Crippen LogP contribution in [-0.2, 0) is 12.0 Å². The summed E-state index contributed by atoms with van der Waals surface area (Å²) in [5.74, 6) is 0. The molecule has 15 heavy (non-hydrogen) atoms. The Morgan fingerprint density at radius 3 is 2.87 bits per heavy atom. The van der Waals surface area contributed by atoms with Crippen LogP contribution >= 0.6 is 0 Å². The van der Waals surface area contributed by atoms with Gasteiger partial charge in [-0.25, -0.2) is 0 Å². The van der Waals surface area contributed by atoms with E-state index in [9.17, 15) is 5.11 Å². The summed E-state index contributed by atoms with van der Waals surface area (Å²) < 4.78 is 0. The van der Waals surface area contributed by atoms with Crippen molar-refractivity contribution in [3.05, 3.63) is 35.4 Å². The summed E-state index contributed by atoms with van der Waals surface area (Å²) in [6, 6.07) is 8.34. The second-order valence-electron chi connectivity index (χ2n) is 4.65. The van der Waals surface area contributed by atoms with Gasteiger partial charge in [0.2, 0.25) is 0 Å². The van der Waals surface area contributed by atoms with E-state index in [1.165, 1.54) is 24.0 Å². The van der Waals surface area contributed by atoms with Gasteiger partial charge in [0.05, 0.1) is 5.60 Å². The van der Waals surface area contributed by atoms with E-state index < -0.39 is 5.60 Å². The third kappa shape index (κ3) is 2.07. The van der Waals surface area contributed by atoms with Crippen LogP contribution in [0.4, 0.5) is 0 Å². The maximum absolute atomic E-state index is 10.6. The first-order chi connectivity index (χ1) is 7.26. The summed E-state index contributed by atoms with van der Waals surface area (Å²) in [6.45, 7) is 2.20. The van der Waals surface area contributed by atoms with E-state index in [0.717, 1.165) is 25.7 Å². The lowest BCUT2D eigenvalue weighted by atomic mass is 9.90. The monoisotopic (exact) mass is 204 g/mol. The summed E-state index contributed by atoms with van der Waals surface area (Å²) in [6.07, 6.45) is 6.47. The molecule has 1 aromatic rings. The maximum atomic E-state index is 10.6. The van der Waals surface area contributed by atoms with Crippen molar-refractivity contribution < 1.29 is 5.11 Å². The molecule has 0 heterocycles. The van der Waals surface area contributed by atoms with Gasteiger partial charge in [0.1, 0.15) is 0 Å². The van der Waals surface area contributed by atoms with Crippen molar-refractivity contribution in [1.82, 2.24) is 0 Å². The van der Waals surface area contributed by atoms with Crippen molar-refractivity contribution in [2.75, 3.05) is 0 Å². The molecule has 0 spiro atoms. The van der Waals surface area contributed by atoms with E-state index in [1.807, 2.05) is 6.07 Å². The van der Waals surface area contributed by atoms with E-state index in [0.29, 0.717) is 0 Å². The first kappa shape index (κ1) is 10.7. The average Bonchev–Trinajstić information content (AvgIpc) is 2.59. The zero-order valence-electron chi connectivity index (χ0n) is 9.50. The first-order valence-electron chi connectivity index (χ1n) is 6.07. The van der Waals surface area contributed by atoms with Gasteiger partial charge in [-0.2, -0.15) is 0 Å². The number of hydrogen-bond acceptors (Lipinski definition) is 1. The predicted molar refractivity (Wildman–Crippen MR) is 62.8 cm³/mol. The van der Waals surface area contributed by atoms with E-state index in [2.05, 4.69) is 25.1 Å². The highest BCUT2D eigenvalue weighted by molar-refractivity contribution is 5.36. The van der Waals surface area contributed by atoms with Crippen LogP contribution in [0, 0.1) is 0 Å². The van der Waals surface area contributed by atoms with E-state index in [4.69, 9.17) is 0 Å². The van der Waals surface area contributed by atoms with Gasteiger partial charge in [0, 0.05) is 0 Å². The minimum atomic E-state index is -0.522. The van der Waals surface area contributed by atoms with Gasteiger partial charge in [-0.05, 0) is 30.4 Å². The zero-order valence-corrected chi connectivity index (χ0v) is 9.50. The molecule has 0 saturated heterocycles. The molecule has 0 radical (unpaired) electrons. The Labute approximate surface area is 92.1 Å². The van der Waals surface area contributed by atoms with Gasteiger partial charge in [-0.1, -0.05) is 50.5 Å². The molecule has 0 saturated carbocycles. The molecular weight excluding hydrogens is 184 g/mol. The Morgan fingerprint density at radius 2 is 2.07 bits per heavy atom. The molecule has 0 aromatic heterocycles. The minimum Gasteiger partial charge on any atom is -0.385 e. The highest BCUT2D eigenvalue weighted by Gasteiger charge is 2.35. The normalized spacial score (nSPS) is 24.1. The lowest BCUT2D eigenvalue weighted by molar-refractivity contribution is 0.0269. The van der Waals surface area contributed by atoms with E-state index in [1.54, 1.807) is 0 Å². The first-order valence-corrected chi connectivity index (χ1v) is 6.07. The van der Waals surface area contributed by atoms with Crippen LogP contribution < -0.4 is 0 Å². The van der Waals surface area contributed by atoms with Crippen molar-refractivity contribution >= 4 is 0 Å². The highest BCUT2D eigenvalue weighted by Crippen LogP contribution is 2.40. The third-order valence-electron chi connectivity index (χ3n) is 3.52. The number of rotatable bonds is 4. The SMILES string of the molecule is CCCCCC1(O)CCc2ccccc21. The van der Waals surface area contributed by atoms with Crippen LogP contribution in [0.1, 0.15) is 50.2 Å². The fourth-order valence-electron chi connectivity index (χ4n) is 2.60. The molecule has 1 atom stereocenters. The van der Waals surface area contributed by atoms with Crippen molar-refractivity contribution in [3.8, 4) is 0 Å². The Kier molecular flexibility index (Phi) is 3.11. The maximum Gasteiger partial charge on any atom is 0.0902 e. The third-order valence-corrected chi connectivity index (χ3v) is 3.52. The van der Waals surface area contributed by atoms with Crippen molar-refractivity contribution in [2.24, 2.45) is 0 Å². The number of benzene rings is 1. The summed E-state index contributed by atoms with van der Waals surface area (Å²) >= 11 is 0. The molecule has 1 heteroatoms. The summed E-state index contributed by atoms with van der Waals surface area (Å²) in [4.78, 5) is 0. The zero-order chi connectivity index (χ0) is 10.7. The van der Waals surface area contributed by atoms with Gasteiger partial charge in [0.15, 0.2) is 0 Å². The predicted octanol–water partition coefficient (Wildman–Crippen LogP) is 3.40. The van der Waals surface area contributed by atoms with Crippen molar-refractivity contribution in [2.45, 2.75) is 51.0 Å². The Hall–Kier alpha value is -0.820. The number of unbranched alkanes of at least 4 members (excludes halogenated alkanes) is 2. The highest BCUT2D eigenvalue weighted by atomic mass is 16.3. The number of fused-ring (bicyclic) bond motifs is 1. The summed E-state index contributed by atoms with van der Waals surface area (Å²) in [5.41, 5.74) is 2.00. The molecule has 1 aliphatic carbocycles. The smallest absolute Gasteiger partial charge is 0.0902 e. The van der Waals surface area contributed by atoms with Gasteiger partial charge in [0.25, 0.3) is 0 Å². The van der Waals surface area contributed by atoms with Gasteiger partial charge >= 0.3 is 0 Å². The van der Waals surface area contributed by atoms with Gasteiger partial charge < -0.3 is 5.11 Å². The summed E-state index contributed by atoms with van der Waals surface area (Å²) in [5, 5.41) is 10.6. The molecule has 1 nitrogen and oxygen atoms in total. The van der Waals surface area contributed by atoms with Gasteiger partial charge in [-0.3, -0.25) is 0 Å². The van der Waals surface area contributed by atoms with Crippen LogP contribution in [0.3, 0.4) is 0 Å². The fourth-order valence-corrected chi connectivity index (χ4v) is 2.60. The second kappa shape index (κ2) is 4.36. The standard InChI is InChI=1S/C14H20O/c1-2-3-6-10-14(15)11-9-12-7-4-5-8-13(12)14/h4-5,7-8,15H,2-3,6,9-11H2,1H3. The lowest BCUT2D eigenvalue weighted by Gasteiger charge is -2.23. The molecule has 1 unspecified atom stereocenters. The average molecular weight is 204 g/mol. The molecule has 1 N–H and O–H groups in total. The second-order valence-corrected chi connectivity index (χ2v) is 4.65. The number of aryl methyl sites for hydroxylation is 1. The molecule has 0 fully saturated rings. The fraction of sp³-hybridized carbons (Fsp3) is 0.571.